The summed E-state index contributed by atoms with van der Waals surface area (Å²) in [4.78, 5) is 13.9. The molecular weight excluding hydrogens is 246 g/mol. The Morgan fingerprint density at radius 3 is 2.83 bits per heavy atom. The van der Waals surface area contributed by atoms with Crippen molar-refractivity contribution in [3.63, 3.8) is 0 Å². The summed E-state index contributed by atoms with van der Waals surface area (Å²) < 4.78 is 0. The molecule has 2 heterocycles. The Morgan fingerprint density at radius 2 is 2.17 bits per heavy atom. The Kier molecular flexibility index (Phi) is 5.36. The highest BCUT2D eigenvalue weighted by molar-refractivity contribution is 7.08. The number of carbonyl (C=O) groups is 1. The minimum Gasteiger partial charge on any atom is -0.294 e. The highest BCUT2D eigenvalue weighted by Gasteiger charge is 2.12. The van der Waals surface area contributed by atoms with Crippen molar-refractivity contribution >= 4 is 23.5 Å². The molecule has 1 aliphatic heterocycles. The Morgan fingerprint density at radius 1 is 1.39 bits per heavy atom. The minimum atomic E-state index is -0.0246. The fourth-order valence-corrected chi connectivity index (χ4v) is 2.67. The maximum Gasteiger partial charge on any atom is 0.254 e. The van der Waals surface area contributed by atoms with Crippen molar-refractivity contribution < 1.29 is 4.79 Å². The number of likely N-dealkylation sites (tertiary alicyclic amines) is 1. The molecule has 1 fully saturated rings. The second-order valence-corrected chi connectivity index (χ2v) is 5.32. The highest BCUT2D eigenvalue weighted by Crippen LogP contribution is 2.08. The molecular formula is C13H19N3OS. The van der Waals surface area contributed by atoms with Gasteiger partial charge < -0.3 is 0 Å². The van der Waals surface area contributed by atoms with Crippen LogP contribution in [0.1, 0.15) is 31.2 Å². The lowest BCUT2D eigenvalue weighted by Crippen LogP contribution is -2.35. The third-order valence-electron chi connectivity index (χ3n) is 3.01. The summed E-state index contributed by atoms with van der Waals surface area (Å²) in [6, 6.07) is 1.97. The van der Waals surface area contributed by atoms with Crippen molar-refractivity contribution in [3.05, 3.63) is 22.4 Å². The highest BCUT2D eigenvalue weighted by atomic mass is 32.1. The number of thiophene rings is 1. The standard InChI is InChI=1S/C13H19N3OS/c17-13(10-16-6-3-1-2-4-7-16)15-14-9-12-5-8-18-11-12/h5,8-9,11H,1-4,6-7,10H2,(H,15,17)/b14-9-. The lowest BCUT2D eigenvalue weighted by Gasteiger charge is -2.17. The van der Waals surface area contributed by atoms with Gasteiger partial charge in [-0.25, -0.2) is 5.43 Å². The molecule has 1 aromatic heterocycles. The van der Waals surface area contributed by atoms with Crippen molar-refractivity contribution in [2.45, 2.75) is 25.7 Å². The molecule has 5 heteroatoms. The molecule has 1 N–H and O–H groups in total. The average Bonchev–Trinajstić information content (AvgIpc) is 2.74. The van der Waals surface area contributed by atoms with Crippen LogP contribution in [0.5, 0.6) is 0 Å². The van der Waals surface area contributed by atoms with Gasteiger partial charge in [0.15, 0.2) is 0 Å². The SMILES string of the molecule is O=C(CN1CCCCCC1)N/N=C\c1ccsc1. The maximum atomic E-state index is 11.7. The third-order valence-corrected chi connectivity index (χ3v) is 3.71. The fraction of sp³-hybridized carbons (Fsp3) is 0.538. The topological polar surface area (TPSA) is 44.7 Å². The average molecular weight is 265 g/mol. The van der Waals surface area contributed by atoms with Gasteiger partial charge in [-0.05, 0) is 42.8 Å². The van der Waals surface area contributed by atoms with Gasteiger partial charge in [0.05, 0.1) is 12.8 Å². The van der Waals surface area contributed by atoms with Gasteiger partial charge in [-0.1, -0.05) is 12.8 Å². The van der Waals surface area contributed by atoms with Crippen LogP contribution in [0.3, 0.4) is 0 Å². The molecule has 0 spiro atoms. The van der Waals surface area contributed by atoms with Crippen molar-refractivity contribution in [1.82, 2.24) is 10.3 Å². The van der Waals surface area contributed by atoms with Crippen LogP contribution >= 0.6 is 11.3 Å². The Bertz CT molecular complexity index is 381. The molecule has 18 heavy (non-hydrogen) atoms. The number of nitrogens with zero attached hydrogens (tertiary/aromatic N) is 2. The zero-order chi connectivity index (χ0) is 12.6. The molecule has 0 aromatic carbocycles. The summed E-state index contributed by atoms with van der Waals surface area (Å²) in [5, 5.41) is 7.94. The summed E-state index contributed by atoms with van der Waals surface area (Å²) in [5.74, 6) is -0.0246. The third kappa shape index (κ3) is 4.58. The minimum absolute atomic E-state index is 0.0246. The molecule has 4 nitrogen and oxygen atoms in total. The first kappa shape index (κ1) is 13.2. The normalized spacial score (nSPS) is 17.8. The van der Waals surface area contributed by atoms with Crippen LogP contribution < -0.4 is 5.43 Å². The predicted molar refractivity (Wildman–Crippen MR) is 75.0 cm³/mol. The Labute approximate surface area is 112 Å². The van der Waals surface area contributed by atoms with E-state index in [1.165, 1.54) is 25.7 Å². The summed E-state index contributed by atoms with van der Waals surface area (Å²) in [7, 11) is 0. The second kappa shape index (κ2) is 7.28. The number of amides is 1. The molecule has 1 aliphatic rings. The predicted octanol–water partition coefficient (Wildman–Crippen LogP) is 2.07. The number of carbonyl (C=O) groups excluding carboxylic acids is 1. The first-order valence-electron chi connectivity index (χ1n) is 6.41. The summed E-state index contributed by atoms with van der Waals surface area (Å²) >= 11 is 1.62. The second-order valence-electron chi connectivity index (χ2n) is 4.54. The van der Waals surface area contributed by atoms with Crippen LogP contribution in [0.2, 0.25) is 0 Å². The van der Waals surface area contributed by atoms with Crippen molar-refractivity contribution in [1.29, 1.82) is 0 Å². The zero-order valence-corrected chi connectivity index (χ0v) is 11.3. The van der Waals surface area contributed by atoms with Crippen molar-refractivity contribution in [2.75, 3.05) is 19.6 Å². The number of nitrogens with one attached hydrogen (secondary N) is 1. The summed E-state index contributed by atoms with van der Waals surface area (Å²) in [6.07, 6.45) is 6.65. The van der Waals surface area contributed by atoms with Gasteiger partial charge in [0.2, 0.25) is 0 Å². The monoisotopic (exact) mass is 265 g/mol. The molecule has 1 amide bonds. The summed E-state index contributed by atoms with van der Waals surface area (Å²) in [6.45, 7) is 2.52. The number of hydrogen-bond acceptors (Lipinski definition) is 4. The molecule has 2 rings (SSSR count). The van der Waals surface area contributed by atoms with Gasteiger partial charge in [0.1, 0.15) is 0 Å². The smallest absolute Gasteiger partial charge is 0.254 e. The van der Waals surface area contributed by atoms with Crippen LogP contribution in [0.25, 0.3) is 0 Å². The lowest BCUT2D eigenvalue weighted by atomic mass is 10.2. The van der Waals surface area contributed by atoms with E-state index in [9.17, 15) is 4.79 Å². The molecule has 98 valence electrons. The Hall–Kier alpha value is -1.20. The molecule has 0 aliphatic carbocycles. The number of hydrazone groups is 1. The van der Waals surface area contributed by atoms with Crippen molar-refractivity contribution in [2.24, 2.45) is 5.10 Å². The van der Waals surface area contributed by atoms with Crippen molar-refractivity contribution in [3.8, 4) is 0 Å². The van der Waals surface area contributed by atoms with E-state index >= 15 is 0 Å². The van der Waals surface area contributed by atoms with Gasteiger partial charge >= 0.3 is 0 Å². The lowest BCUT2D eigenvalue weighted by molar-refractivity contribution is -0.122. The first-order chi connectivity index (χ1) is 8.84. The molecule has 0 bridgehead atoms. The Balaban J connectivity index is 1.71. The van der Waals surface area contributed by atoms with Crippen LogP contribution in [0.4, 0.5) is 0 Å². The molecule has 0 unspecified atom stereocenters. The zero-order valence-electron chi connectivity index (χ0n) is 10.5. The van der Waals surface area contributed by atoms with Gasteiger partial charge in [-0.2, -0.15) is 16.4 Å². The van der Waals surface area contributed by atoms with E-state index in [0.29, 0.717) is 6.54 Å². The molecule has 1 saturated heterocycles. The van der Waals surface area contributed by atoms with E-state index in [4.69, 9.17) is 0 Å². The quantitative estimate of drug-likeness (QED) is 0.669. The van der Waals surface area contributed by atoms with E-state index in [-0.39, 0.29) is 5.91 Å². The van der Waals surface area contributed by atoms with Crippen LogP contribution in [-0.2, 0) is 4.79 Å². The van der Waals surface area contributed by atoms with E-state index < -0.39 is 0 Å². The van der Waals surface area contributed by atoms with E-state index in [2.05, 4.69) is 15.4 Å². The van der Waals surface area contributed by atoms with Crippen LogP contribution in [0, 0.1) is 0 Å². The number of hydrogen-bond donors (Lipinski definition) is 1. The van der Waals surface area contributed by atoms with E-state index in [1.54, 1.807) is 17.6 Å². The van der Waals surface area contributed by atoms with E-state index in [1.807, 2.05) is 16.8 Å². The number of rotatable bonds is 4. The molecule has 1 aromatic rings. The first-order valence-corrected chi connectivity index (χ1v) is 7.35. The molecule has 0 atom stereocenters. The fourth-order valence-electron chi connectivity index (χ4n) is 2.06. The molecule has 0 saturated carbocycles. The summed E-state index contributed by atoms with van der Waals surface area (Å²) in [5.41, 5.74) is 3.61. The largest absolute Gasteiger partial charge is 0.294 e. The van der Waals surface area contributed by atoms with Gasteiger partial charge in [-0.3, -0.25) is 9.69 Å². The maximum absolute atomic E-state index is 11.7. The van der Waals surface area contributed by atoms with Crippen LogP contribution in [0.15, 0.2) is 21.9 Å². The van der Waals surface area contributed by atoms with Gasteiger partial charge in [0, 0.05) is 5.56 Å². The molecule has 0 radical (unpaired) electrons. The van der Waals surface area contributed by atoms with Gasteiger partial charge in [0.25, 0.3) is 5.91 Å². The van der Waals surface area contributed by atoms with E-state index in [0.717, 1.165) is 18.7 Å². The van der Waals surface area contributed by atoms with Crippen LogP contribution in [-0.4, -0.2) is 36.7 Å². The van der Waals surface area contributed by atoms with Gasteiger partial charge in [-0.15, -0.1) is 0 Å².